The highest BCUT2D eigenvalue weighted by molar-refractivity contribution is 5.47. The summed E-state index contributed by atoms with van der Waals surface area (Å²) in [7, 11) is 0. The molecule has 0 aromatic heterocycles. The van der Waals surface area contributed by atoms with Crippen LogP contribution in [0.2, 0.25) is 0 Å². The molecule has 2 unspecified atom stereocenters. The minimum absolute atomic E-state index is 0.291. The highest BCUT2D eigenvalue weighted by Gasteiger charge is 2.25. The van der Waals surface area contributed by atoms with Crippen molar-refractivity contribution in [2.75, 3.05) is 0 Å². The smallest absolute Gasteiger partial charge is 0.0155 e. The lowest BCUT2D eigenvalue weighted by Crippen LogP contribution is -2.18. The average molecular weight is 278 g/mol. The van der Waals surface area contributed by atoms with Gasteiger partial charge in [-0.1, -0.05) is 92.5 Å². The highest BCUT2D eigenvalue weighted by Crippen LogP contribution is 2.36. The summed E-state index contributed by atoms with van der Waals surface area (Å²) in [6.07, 6.45) is 18.7. The molecule has 0 fully saturated rings. The second kappa shape index (κ2) is 8.26. The van der Waals surface area contributed by atoms with E-state index >= 15 is 0 Å². The lowest BCUT2D eigenvalue weighted by atomic mass is 9.75. The van der Waals surface area contributed by atoms with Gasteiger partial charge in [-0.25, -0.2) is 0 Å². The zero-order valence-corrected chi connectivity index (χ0v) is 13.5. The molecule has 1 aliphatic rings. The predicted octanol–water partition coefficient (Wildman–Crippen LogP) is 6.11. The van der Waals surface area contributed by atoms with E-state index in [1.165, 1.54) is 16.7 Å². The van der Waals surface area contributed by atoms with E-state index in [-0.39, 0.29) is 0 Å². The molecule has 0 heterocycles. The first-order chi connectivity index (χ1) is 10.0. The van der Waals surface area contributed by atoms with Gasteiger partial charge >= 0.3 is 0 Å². The van der Waals surface area contributed by atoms with E-state index in [1.807, 2.05) is 12.2 Å². The Labute approximate surface area is 130 Å². The molecule has 1 rings (SSSR count). The van der Waals surface area contributed by atoms with Crippen LogP contribution in [0.5, 0.6) is 0 Å². The largest absolute Gasteiger partial charge is 0.0991 e. The Balaban J connectivity index is 3.22. The molecule has 0 aromatic rings. The Morgan fingerprint density at radius 2 is 2.05 bits per heavy atom. The van der Waals surface area contributed by atoms with Gasteiger partial charge in [0, 0.05) is 5.92 Å². The van der Waals surface area contributed by atoms with E-state index in [1.54, 1.807) is 0 Å². The Hall–Kier alpha value is -2.08. The SMILES string of the molecule is C=C/C=C1/C=CC=C(/C=C\C(C)=C\C)C1C(C)C(=C)C=C. The van der Waals surface area contributed by atoms with Crippen molar-refractivity contribution in [1.82, 2.24) is 0 Å². The summed E-state index contributed by atoms with van der Waals surface area (Å²) in [6.45, 7) is 18.2. The second-order valence-electron chi connectivity index (χ2n) is 5.34. The standard InChI is InChI=1S/C21H26/c1-7-11-19-12-10-13-20(15-14-16(4)8-2)21(19)18(6)17(5)9-3/h7-15,18,21H,1,3,5H2,2,4,6H3/b15-14-,16-8+,19-11-. The molecule has 0 nitrogen and oxygen atoms in total. The third kappa shape index (κ3) is 4.46. The lowest BCUT2D eigenvalue weighted by molar-refractivity contribution is 0.552. The number of rotatable bonds is 6. The van der Waals surface area contributed by atoms with Crippen LogP contribution in [0.25, 0.3) is 0 Å². The van der Waals surface area contributed by atoms with Gasteiger partial charge in [0.25, 0.3) is 0 Å². The van der Waals surface area contributed by atoms with E-state index in [9.17, 15) is 0 Å². The maximum atomic E-state index is 4.13. The Kier molecular flexibility index (Phi) is 6.68. The molecule has 0 N–H and O–H groups in total. The van der Waals surface area contributed by atoms with E-state index in [4.69, 9.17) is 0 Å². The Bertz CT molecular complexity index is 559. The molecule has 110 valence electrons. The van der Waals surface area contributed by atoms with Gasteiger partial charge in [0.15, 0.2) is 0 Å². The van der Waals surface area contributed by atoms with E-state index in [0.717, 1.165) is 5.57 Å². The fourth-order valence-electron chi connectivity index (χ4n) is 2.43. The van der Waals surface area contributed by atoms with E-state index < -0.39 is 0 Å². The van der Waals surface area contributed by atoms with Crippen molar-refractivity contribution in [3.05, 3.63) is 96.7 Å². The van der Waals surface area contributed by atoms with Crippen molar-refractivity contribution < 1.29 is 0 Å². The highest BCUT2D eigenvalue weighted by atomic mass is 14.3. The summed E-state index contributed by atoms with van der Waals surface area (Å²) in [4.78, 5) is 0. The lowest BCUT2D eigenvalue weighted by Gasteiger charge is -2.29. The fraction of sp³-hybridized carbons (Fsp3) is 0.238. The van der Waals surface area contributed by atoms with E-state index in [0.29, 0.717) is 11.8 Å². The van der Waals surface area contributed by atoms with Gasteiger partial charge in [-0.05, 0) is 30.9 Å². The Morgan fingerprint density at radius 3 is 2.62 bits per heavy atom. The third-order valence-electron chi connectivity index (χ3n) is 3.95. The predicted molar refractivity (Wildman–Crippen MR) is 96.1 cm³/mol. The molecule has 0 saturated heterocycles. The van der Waals surface area contributed by atoms with Crippen LogP contribution in [0.15, 0.2) is 96.7 Å². The van der Waals surface area contributed by atoms with Crippen LogP contribution in [0, 0.1) is 11.8 Å². The summed E-state index contributed by atoms with van der Waals surface area (Å²) in [5, 5.41) is 0. The summed E-state index contributed by atoms with van der Waals surface area (Å²) >= 11 is 0. The van der Waals surface area contributed by atoms with Crippen LogP contribution in [0.4, 0.5) is 0 Å². The van der Waals surface area contributed by atoms with Gasteiger partial charge in [0.1, 0.15) is 0 Å². The molecule has 0 aromatic carbocycles. The zero-order valence-electron chi connectivity index (χ0n) is 13.5. The molecule has 0 heteroatoms. The van der Waals surface area contributed by atoms with E-state index in [2.05, 4.69) is 83.0 Å². The minimum atomic E-state index is 0.291. The molecule has 0 radical (unpaired) electrons. The number of hydrogen-bond acceptors (Lipinski definition) is 0. The second-order valence-corrected chi connectivity index (χ2v) is 5.34. The molecule has 2 atom stereocenters. The first-order valence-electron chi connectivity index (χ1n) is 7.38. The van der Waals surface area contributed by atoms with Crippen molar-refractivity contribution in [3.8, 4) is 0 Å². The van der Waals surface area contributed by atoms with Gasteiger partial charge in [-0.15, -0.1) is 0 Å². The maximum absolute atomic E-state index is 4.13. The van der Waals surface area contributed by atoms with Crippen LogP contribution in [0.1, 0.15) is 20.8 Å². The van der Waals surface area contributed by atoms with Crippen molar-refractivity contribution in [1.29, 1.82) is 0 Å². The fourth-order valence-corrected chi connectivity index (χ4v) is 2.43. The molecule has 0 bridgehead atoms. The molecule has 0 aliphatic heterocycles. The first kappa shape index (κ1) is 17.0. The first-order valence-corrected chi connectivity index (χ1v) is 7.38. The molecule has 0 amide bonds. The van der Waals surface area contributed by atoms with Gasteiger partial charge in [-0.3, -0.25) is 0 Å². The normalized spacial score (nSPS) is 22.2. The molecular weight excluding hydrogens is 252 g/mol. The maximum Gasteiger partial charge on any atom is 0.0155 e. The average Bonchev–Trinajstić information content (AvgIpc) is 2.51. The van der Waals surface area contributed by atoms with Crippen LogP contribution in [-0.4, -0.2) is 0 Å². The van der Waals surface area contributed by atoms with Crippen LogP contribution < -0.4 is 0 Å². The number of allylic oxidation sites excluding steroid dienone is 13. The topological polar surface area (TPSA) is 0 Å². The van der Waals surface area contributed by atoms with Crippen molar-refractivity contribution in [2.45, 2.75) is 20.8 Å². The van der Waals surface area contributed by atoms with Crippen molar-refractivity contribution in [2.24, 2.45) is 11.8 Å². The van der Waals surface area contributed by atoms with Crippen LogP contribution >= 0.6 is 0 Å². The summed E-state index contributed by atoms with van der Waals surface area (Å²) < 4.78 is 0. The molecular formula is C21H26. The summed E-state index contributed by atoms with van der Waals surface area (Å²) in [5.41, 5.74) is 4.88. The molecule has 1 aliphatic carbocycles. The molecule has 21 heavy (non-hydrogen) atoms. The quantitative estimate of drug-likeness (QED) is 0.514. The van der Waals surface area contributed by atoms with Gasteiger partial charge in [-0.2, -0.15) is 0 Å². The van der Waals surface area contributed by atoms with Crippen molar-refractivity contribution in [3.63, 3.8) is 0 Å². The number of hydrogen-bond donors (Lipinski definition) is 0. The zero-order chi connectivity index (χ0) is 15.8. The van der Waals surface area contributed by atoms with Crippen LogP contribution in [0.3, 0.4) is 0 Å². The van der Waals surface area contributed by atoms with Gasteiger partial charge in [0.05, 0.1) is 0 Å². The third-order valence-corrected chi connectivity index (χ3v) is 3.95. The Morgan fingerprint density at radius 1 is 1.33 bits per heavy atom. The van der Waals surface area contributed by atoms with Crippen LogP contribution in [-0.2, 0) is 0 Å². The minimum Gasteiger partial charge on any atom is -0.0991 e. The van der Waals surface area contributed by atoms with Gasteiger partial charge in [0.2, 0.25) is 0 Å². The monoisotopic (exact) mass is 278 g/mol. The summed E-state index contributed by atoms with van der Waals surface area (Å²) in [5.74, 6) is 0.597. The van der Waals surface area contributed by atoms with Crippen molar-refractivity contribution >= 4 is 0 Å². The summed E-state index contributed by atoms with van der Waals surface area (Å²) in [6, 6.07) is 0. The molecule has 0 spiro atoms. The van der Waals surface area contributed by atoms with Gasteiger partial charge < -0.3 is 0 Å². The molecule has 0 saturated carbocycles.